The first-order valence-corrected chi connectivity index (χ1v) is 10.7. The first-order valence-electron chi connectivity index (χ1n) is 10.7. The van der Waals surface area contributed by atoms with Crippen molar-refractivity contribution in [2.45, 2.75) is 51.7 Å². The summed E-state index contributed by atoms with van der Waals surface area (Å²) in [4.78, 5) is 12.2. The highest BCUT2D eigenvalue weighted by Gasteiger charge is 2.52. The van der Waals surface area contributed by atoms with Crippen LogP contribution in [-0.4, -0.2) is 31.0 Å². The topological polar surface area (TPSA) is 56.8 Å². The fourth-order valence-corrected chi connectivity index (χ4v) is 3.31. The fraction of sp³-hybridized carbons (Fsp3) is 0.375. The quantitative estimate of drug-likeness (QED) is 0.421. The molecule has 1 N–H and O–H groups in total. The monoisotopic (exact) mass is 479 g/mol. The Labute approximate surface area is 196 Å². The van der Waals surface area contributed by atoms with Gasteiger partial charge < -0.3 is 19.4 Å². The van der Waals surface area contributed by atoms with Crippen molar-refractivity contribution < 1.29 is 36.4 Å². The minimum absolute atomic E-state index is 0.0182. The van der Waals surface area contributed by atoms with Gasteiger partial charge in [-0.15, -0.1) is 0 Å². The van der Waals surface area contributed by atoms with Crippen LogP contribution in [0.2, 0.25) is 0 Å². The Hall–Kier alpha value is -2.85. The average molecular weight is 479 g/mol. The van der Waals surface area contributed by atoms with Crippen molar-refractivity contribution in [1.29, 1.82) is 0 Å². The summed E-state index contributed by atoms with van der Waals surface area (Å²) in [5.41, 5.74) is -2.42. The van der Waals surface area contributed by atoms with E-state index >= 15 is 0 Å². The Morgan fingerprint density at radius 2 is 1.65 bits per heavy atom. The molecule has 1 amide bonds. The second-order valence-electron chi connectivity index (χ2n) is 8.92. The number of alkyl carbamates (subject to hydrolysis) is 1. The number of halogens is 4. The molecule has 3 rings (SSSR count). The summed E-state index contributed by atoms with van der Waals surface area (Å²) in [6, 6.07) is 12.1. The molecule has 0 spiro atoms. The third kappa shape index (κ3) is 5.98. The number of benzene rings is 2. The van der Waals surface area contributed by atoms with Crippen molar-refractivity contribution in [3.05, 3.63) is 76.5 Å². The van der Waals surface area contributed by atoms with Gasteiger partial charge in [-0.25, -0.2) is 9.18 Å². The highest BCUT2D eigenvalue weighted by Crippen LogP contribution is 2.40. The maximum atomic E-state index is 14.1. The predicted octanol–water partition coefficient (Wildman–Crippen LogP) is 5.79. The molecule has 1 heterocycles. The van der Waals surface area contributed by atoms with Gasteiger partial charge in [0.1, 0.15) is 12.4 Å². The van der Waals surface area contributed by atoms with Gasteiger partial charge in [-0.1, -0.05) is 48.5 Å². The number of rotatable bonds is 6. The predicted molar refractivity (Wildman–Crippen MR) is 120 cm³/mol. The summed E-state index contributed by atoms with van der Waals surface area (Å²) in [6.45, 7) is 6.93. The summed E-state index contributed by atoms with van der Waals surface area (Å²) in [6.07, 6.45) is -4.56. The Bertz CT molecular complexity index is 1040. The maximum Gasteiger partial charge on any atom is 0.492 e. The van der Waals surface area contributed by atoms with Crippen LogP contribution < -0.4 is 5.32 Å². The van der Waals surface area contributed by atoms with E-state index in [2.05, 4.69) is 5.32 Å². The van der Waals surface area contributed by atoms with E-state index in [-0.39, 0.29) is 18.6 Å². The van der Waals surface area contributed by atoms with E-state index in [1.807, 2.05) is 6.07 Å². The van der Waals surface area contributed by atoms with Gasteiger partial charge in [0.05, 0.1) is 16.8 Å². The largest absolute Gasteiger partial charge is 0.492 e. The van der Waals surface area contributed by atoms with Gasteiger partial charge in [-0.05, 0) is 50.4 Å². The number of nitrogens with one attached hydrogen (secondary N) is 1. The molecule has 1 aliphatic rings. The van der Waals surface area contributed by atoms with Crippen LogP contribution in [0.15, 0.2) is 54.0 Å². The Morgan fingerprint density at radius 1 is 1.03 bits per heavy atom. The van der Waals surface area contributed by atoms with E-state index in [4.69, 9.17) is 14.0 Å². The number of hydrogen-bond acceptors (Lipinski definition) is 4. The maximum absolute atomic E-state index is 14.1. The van der Waals surface area contributed by atoms with Crippen LogP contribution >= 0.6 is 0 Å². The zero-order valence-corrected chi connectivity index (χ0v) is 19.3. The van der Waals surface area contributed by atoms with E-state index in [0.717, 1.165) is 23.8 Å². The van der Waals surface area contributed by atoms with Crippen molar-refractivity contribution in [3.8, 4) is 0 Å². The van der Waals surface area contributed by atoms with Crippen LogP contribution in [0.3, 0.4) is 0 Å². The van der Waals surface area contributed by atoms with E-state index < -0.39 is 47.5 Å². The highest BCUT2D eigenvalue weighted by atomic mass is 19.4. The van der Waals surface area contributed by atoms with Crippen molar-refractivity contribution in [2.24, 2.45) is 0 Å². The van der Waals surface area contributed by atoms with Crippen molar-refractivity contribution >= 4 is 19.3 Å². The lowest BCUT2D eigenvalue weighted by atomic mass is 9.76. The molecule has 0 saturated carbocycles. The molecule has 0 aliphatic carbocycles. The summed E-state index contributed by atoms with van der Waals surface area (Å²) >= 11 is 0. The number of ether oxygens (including phenoxy) is 1. The van der Waals surface area contributed by atoms with Gasteiger partial charge in [0.15, 0.2) is 0 Å². The molecule has 1 aliphatic heterocycles. The highest BCUT2D eigenvalue weighted by molar-refractivity contribution is 6.56. The van der Waals surface area contributed by atoms with Crippen molar-refractivity contribution in [1.82, 2.24) is 5.32 Å². The van der Waals surface area contributed by atoms with Crippen LogP contribution in [0, 0.1) is 5.82 Å². The van der Waals surface area contributed by atoms with Gasteiger partial charge >= 0.3 is 19.4 Å². The molecule has 5 nitrogen and oxygen atoms in total. The van der Waals surface area contributed by atoms with Gasteiger partial charge in [0.2, 0.25) is 0 Å². The van der Waals surface area contributed by atoms with Gasteiger partial charge in [0.25, 0.3) is 0 Å². The molecule has 1 fully saturated rings. The zero-order chi connectivity index (χ0) is 25.1. The second-order valence-corrected chi connectivity index (χ2v) is 8.92. The van der Waals surface area contributed by atoms with Gasteiger partial charge in [-0.3, -0.25) is 0 Å². The summed E-state index contributed by atoms with van der Waals surface area (Å²) in [7, 11) is -1.07. The first kappa shape index (κ1) is 25.8. The lowest BCUT2D eigenvalue weighted by molar-refractivity contribution is -0.140. The Kier molecular flexibility index (Phi) is 7.42. The molecule has 0 aromatic heterocycles. The van der Waals surface area contributed by atoms with E-state index in [0.29, 0.717) is 0 Å². The normalized spacial score (nSPS) is 17.5. The number of carbonyl (C=O) groups is 1. The minimum atomic E-state index is -4.92. The van der Waals surface area contributed by atoms with Crippen molar-refractivity contribution in [2.75, 3.05) is 6.54 Å². The molecule has 10 heteroatoms. The van der Waals surface area contributed by atoms with E-state index in [1.54, 1.807) is 52.0 Å². The first-order chi connectivity index (χ1) is 15.8. The third-order valence-corrected chi connectivity index (χ3v) is 5.88. The molecular weight excluding hydrogens is 453 g/mol. The van der Waals surface area contributed by atoms with Gasteiger partial charge in [0, 0.05) is 6.54 Å². The molecule has 0 radical (unpaired) electrons. The number of amides is 1. The van der Waals surface area contributed by atoms with Crippen LogP contribution in [0.5, 0.6) is 0 Å². The minimum Gasteiger partial charge on any atom is -0.445 e. The van der Waals surface area contributed by atoms with E-state index in [1.165, 1.54) is 6.07 Å². The second kappa shape index (κ2) is 9.80. The fourth-order valence-electron chi connectivity index (χ4n) is 3.31. The van der Waals surface area contributed by atoms with Crippen LogP contribution in [-0.2, 0) is 26.8 Å². The third-order valence-electron chi connectivity index (χ3n) is 5.88. The number of carbonyl (C=O) groups excluding carboxylic acids is 1. The average Bonchev–Trinajstić information content (AvgIpc) is 2.96. The molecule has 0 bridgehead atoms. The molecule has 1 saturated heterocycles. The Balaban J connectivity index is 1.86. The SMILES string of the molecule is CC1(C)OB(C(=Cc2cccc(F)c2C(F)(F)F)CNC(=O)OCc2ccccc2)OC1(C)C. The standard InChI is InChI=1S/C24H26BF4NO4/c1-22(2)23(3,4)34-25(33-22)18(13-17-11-8-12-19(26)20(17)24(27,28)29)14-30-21(31)32-15-16-9-6-5-7-10-16/h5-13H,14-15H2,1-4H3,(H,30,31). The molecule has 34 heavy (non-hydrogen) atoms. The summed E-state index contributed by atoms with van der Waals surface area (Å²) in [5.74, 6) is -1.40. The van der Waals surface area contributed by atoms with Crippen LogP contribution in [0.1, 0.15) is 44.4 Å². The lowest BCUT2D eigenvalue weighted by Crippen LogP contribution is -2.41. The summed E-state index contributed by atoms with van der Waals surface area (Å²) in [5, 5.41) is 2.51. The zero-order valence-electron chi connectivity index (χ0n) is 19.3. The molecular formula is C24H26BF4NO4. The van der Waals surface area contributed by atoms with Crippen LogP contribution in [0.25, 0.3) is 6.08 Å². The molecule has 0 atom stereocenters. The number of alkyl halides is 3. The van der Waals surface area contributed by atoms with Gasteiger partial charge in [-0.2, -0.15) is 13.2 Å². The van der Waals surface area contributed by atoms with Crippen LogP contribution in [0.4, 0.5) is 22.4 Å². The summed E-state index contributed by atoms with van der Waals surface area (Å²) < 4.78 is 71.8. The molecule has 2 aromatic carbocycles. The lowest BCUT2D eigenvalue weighted by Gasteiger charge is -2.32. The van der Waals surface area contributed by atoms with Crippen molar-refractivity contribution in [3.63, 3.8) is 0 Å². The van der Waals surface area contributed by atoms with E-state index in [9.17, 15) is 22.4 Å². The molecule has 182 valence electrons. The molecule has 0 unspecified atom stereocenters. The number of hydrogen-bond donors (Lipinski definition) is 1. The molecule has 2 aromatic rings. The Morgan fingerprint density at radius 3 is 2.24 bits per heavy atom. The smallest absolute Gasteiger partial charge is 0.445 e.